The lowest BCUT2D eigenvalue weighted by molar-refractivity contribution is -0.221. The molecule has 0 N–H and O–H groups in total. The molecule has 5 nitrogen and oxygen atoms in total. The Kier molecular flexibility index (Phi) is 3.58. The number of allylic oxidation sites excluding steroid dienone is 1. The van der Waals surface area contributed by atoms with Crippen molar-refractivity contribution in [3.05, 3.63) is 12.2 Å². The van der Waals surface area contributed by atoms with Crippen LogP contribution in [0.2, 0.25) is 0 Å². The fourth-order valence-electron chi connectivity index (χ4n) is 1.01. The van der Waals surface area contributed by atoms with Gasteiger partial charge < -0.3 is 0 Å². The molecule has 1 aliphatic carbocycles. The molecule has 0 aromatic rings. The molecule has 0 saturated heterocycles. The maximum absolute atomic E-state index is 11.7. The van der Waals surface area contributed by atoms with Crippen LogP contribution in [0.25, 0.3) is 0 Å². The van der Waals surface area contributed by atoms with Crippen LogP contribution >= 0.6 is 0 Å². The minimum Gasteiger partial charge on any atom is -0.281 e. The van der Waals surface area contributed by atoms with E-state index in [1.807, 2.05) is 0 Å². The number of hydrogen-bond acceptors (Lipinski definition) is 5. The normalized spacial score (nSPS) is 21.1. The minimum atomic E-state index is -5.89. The number of alkyl halides is 3. The van der Waals surface area contributed by atoms with Crippen molar-refractivity contribution in [1.82, 2.24) is 0 Å². The highest BCUT2D eigenvalue weighted by atomic mass is 32.2. The zero-order valence-corrected chi connectivity index (χ0v) is 8.55. The Morgan fingerprint density at radius 1 is 1.38 bits per heavy atom. The maximum Gasteiger partial charge on any atom is 0.526 e. The van der Waals surface area contributed by atoms with Crippen LogP contribution in [0, 0.1) is 5.92 Å². The molecular formula is C7H7F3O5S. The number of carbonyl (C=O) groups excluding carboxylic acids is 1. The Balaban J connectivity index is 2.52. The largest absolute Gasteiger partial charge is 0.526 e. The summed E-state index contributed by atoms with van der Waals surface area (Å²) in [6.07, 6.45) is 3.97. The molecule has 1 atom stereocenters. The SMILES string of the molecule is O=C(OOS(=O)(=O)C(F)(F)F)C1C=CCC1. The highest BCUT2D eigenvalue weighted by Gasteiger charge is 2.49. The summed E-state index contributed by atoms with van der Waals surface area (Å²) >= 11 is 0. The minimum absolute atomic E-state index is 0.355. The summed E-state index contributed by atoms with van der Waals surface area (Å²) in [4.78, 5) is 14.6. The molecule has 0 saturated carbocycles. The van der Waals surface area contributed by atoms with Gasteiger partial charge in [0, 0.05) is 0 Å². The summed E-state index contributed by atoms with van der Waals surface area (Å²) in [5, 5.41) is 0. The van der Waals surface area contributed by atoms with E-state index >= 15 is 0 Å². The first-order valence-electron chi connectivity index (χ1n) is 4.12. The fraction of sp³-hybridized carbons (Fsp3) is 0.571. The molecule has 0 radical (unpaired) electrons. The van der Waals surface area contributed by atoms with E-state index < -0.39 is 27.5 Å². The lowest BCUT2D eigenvalue weighted by atomic mass is 10.1. The molecule has 1 aliphatic rings. The fourth-order valence-corrected chi connectivity index (χ4v) is 1.24. The number of hydrogen-bond donors (Lipinski definition) is 0. The second-order valence-electron chi connectivity index (χ2n) is 2.98. The zero-order chi connectivity index (χ0) is 12.4. The molecule has 0 bridgehead atoms. The standard InChI is InChI=1S/C7H7F3O5S/c8-7(9,10)16(12,13)15-14-6(11)5-3-1-2-4-5/h1,3,5H,2,4H2. The van der Waals surface area contributed by atoms with Crippen molar-refractivity contribution in [2.45, 2.75) is 18.3 Å². The zero-order valence-electron chi connectivity index (χ0n) is 7.73. The van der Waals surface area contributed by atoms with Gasteiger partial charge in [0.25, 0.3) is 0 Å². The second kappa shape index (κ2) is 4.42. The Bertz CT molecular complexity index is 397. The molecule has 92 valence electrons. The van der Waals surface area contributed by atoms with Gasteiger partial charge in [0.1, 0.15) is 0 Å². The van der Waals surface area contributed by atoms with E-state index in [4.69, 9.17) is 0 Å². The Hall–Kier alpha value is -1.09. The number of carbonyl (C=O) groups is 1. The van der Waals surface area contributed by atoms with Gasteiger partial charge in [-0.1, -0.05) is 12.2 Å². The van der Waals surface area contributed by atoms with Gasteiger partial charge in [-0.05, 0) is 17.2 Å². The van der Waals surface area contributed by atoms with Crippen LogP contribution in [0.15, 0.2) is 12.2 Å². The molecular weight excluding hydrogens is 253 g/mol. The molecule has 0 amide bonds. The number of rotatable bonds is 3. The third kappa shape index (κ3) is 2.95. The van der Waals surface area contributed by atoms with Gasteiger partial charge in [0.15, 0.2) is 0 Å². The van der Waals surface area contributed by atoms with Gasteiger partial charge in [-0.25, -0.2) is 4.79 Å². The molecule has 0 fully saturated rings. The summed E-state index contributed by atoms with van der Waals surface area (Å²) in [6, 6.07) is 0. The average Bonchev–Trinajstić information content (AvgIpc) is 2.65. The summed E-state index contributed by atoms with van der Waals surface area (Å²) in [6.45, 7) is 0. The first-order chi connectivity index (χ1) is 7.24. The predicted octanol–water partition coefficient (Wildman–Crippen LogP) is 1.28. The van der Waals surface area contributed by atoms with Crippen LogP contribution in [0.3, 0.4) is 0 Å². The van der Waals surface area contributed by atoms with Crippen molar-refractivity contribution >= 4 is 16.1 Å². The van der Waals surface area contributed by atoms with E-state index in [0.29, 0.717) is 12.8 Å². The molecule has 0 spiro atoms. The van der Waals surface area contributed by atoms with Gasteiger partial charge in [-0.2, -0.15) is 21.6 Å². The van der Waals surface area contributed by atoms with Crippen LogP contribution < -0.4 is 0 Å². The molecule has 1 unspecified atom stereocenters. The average molecular weight is 260 g/mol. The van der Waals surface area contributed by atoms with Crippen molar-refractivity contribution in [3.63, 3.8) is 0 Å². The van der Waals surface area contributed by atoms with Crippen LogP contribution in [-0.4, -0.2) is 19.9 Å². The van der Waals surface area contributed by atoms with E-state index in [1.165, 1.54) is 6.08 Å². The molecule has 0 aliphatic heterocycles. The van der Waals surface area contributed by atoms with Gasteiger partial charge >= 0.3 is 21.6 Å². The third-order valence-corrected chi connectivity index (χ3v) is 2.62. The van der Waals surface area contributed by atoms with Crippen molar-refractivity contribution < 1.29 is 35.6 Å². The van der Waals surface area contributed by atoms with E-state index in [1.54, 1.807) is 6.08 Å². The summed E-state index contributed by atoms with van der Waals surface area (Å²) in [5.74, 6) is -1.93. The van der Waals surface area contributed by atoms with Crippen molar-refractivity contribution in [1.29, 1.82) is 0 Å². The van der Waals surface area contributed by atoms with Crippen molar-refractivity contribution in [2.75, 3.05) is 0 Å². The Morgan fingerprint density at radius 2 is 2.00 bits per heavy atom. The van der Waals surface area contributed by atoms with E-state index in [9.17, 15) is 26.4 Å². The Morgan fingerprint density at radius 3 is 2.44 bits per heavy atom. The van der Waals surface area contributed by atoms with Gasteiger partial charge in [-0.15, -0.1) is 0 Å². The summed E-state index contributed by atoms with van der Waals surface area (Å²) in [5.41, 5.74) is -5.61. The van der Waals surface area contributed by atoms with Crippen LogP contribution in [-0.2, 0) is 24.1 Å². The van der Waals surface area contributed by atoms with Crippen molar-refractivity contribution in [2.24, 2.45) is 5.92 Å². The smallest absolute Gasteiger partial charge is 0.281 e. The Labute approximate surface area is 88.9 Å². The van der Waals surface area contributed by atoms with Crippen LogP contribution in [0.5, 0.6) is 0 Å². The molecule has 16 heavy (non-hydrogen) atoms. The number of halogens is 3. The summed E-state index contributed by atoms with van der Waals surface area (Å²) in [7, 11) is -5.89. The lowest BCUT2D eigenvalue weighted by Gasteiger charge is -2.08. The van der Waals surface area contributed by atoms with Gasteiger partial charge in [-0.3, -0.25) is 4.89 Å². The first-order valence-corrected chi connectivity index (χ1v) is 5.53. The first kappa shape index (κ1) is 13.0. The molecule has 1 rings (SSSR count). The quantitative estimate of drug-likeness (QED) is 0.331. The third-order valence-electron chi connectivity index (χ3n) is 1.80. The summed E-state index contributed by atoms with van der Waals surface area (Å²) < 4.78 is 59.0. The second-order valence-corrected chi connectivity index (χ2v) is 4.49. The van der Waals surface area contributed by atoms with Crippen LogP contribution in [0.4, 0.5) is 13.2 Å². The molecule has 9 heteroatoms. The van der Waals surface area contributed by atoms with E-state index in [-0.39, 0.29) is 0 Å². The van der Waals surface area contributed by atoms with E-state index in [0.717, 1.165) is 0 Å². The van der Waals surface area contributed by atoms with Gasteiger partial charge in [0.05, 0.1) is 5.92 Å². The maximum atomic E-state index is 11.7. The van der Waals surface area contributed by atoms with Gasteiger partial charge in [0.2, 0.25) is 0 Å². The topological polar surface area (TPSA) is 69.7 Å². The van der Waals surface area contributed by atoms with Crippen LogP contribution in [0.1, 0.15) is 12.8 Å². The molecule has 0 aromatic heterocycles. The molecule has 0 heterocycles. The molecule has 0 aromatic carbocycles. The predicted molar refractivity (Wildman–Crippen MR) is 44.0 cm³/mol. The van der Waals surface area contributed by atoms with E-state index in [2.05, 4.69) is 9.22 Å². The highest BCUT2D eigenvalue weighted by Crippen LogP contribution is 2.25. The highest BCUT2D eigenvalue weighted by molar-refractivity contribution is 7.87. The monoisotopic (exact) mass is 260 g/mol. The lowest BCUT2D eigenvalue weighted by Crippen LogP contribution is -2.27. The van der Waals surface area contributed by atoms with Crippen molar-refractivity contribution in [3.8, 4) is 0 Å².